The smallest absolute Gasteiger partial charge is 0.328 e. The number of nitrogens with one attached hydrogen (secondary N) is 1. The van der Waals surface area contributed by atoms with Crippen LogP contribution in [0.1, 0.15) is 66.2 Å². The molecule has 1 atom stereocenters. The molecule has 0 bridgehead atoms. The van der Waals surface area contributed by atoms with Crippen LogP contribution in [0.5, 0.6) is 0 Å². The molecule has 0 aromatic rings. The number of carbonyl (C=O) groups is 2. The Morgan fingerprint density at radius 1 is 1.20 bits per heavy atom. The molecule has 4 N–H and O–H groups in total. The summed E-state index contributed by atoms with van der Waals surface area (Å²) in [5.74, 6) is -1.11. The van der Waals surface area contributed by atoms with Gasteiger partial charge in [0.25, 0.3) is 0 Å². The van der Waals surface area contributed by atoms with Gasteiger partial charge in [-0.25, -0.2) is 4.79 Å². The number of aliphatic hydroxyl groups is 1. The first-order valence-corrected chi connectivity index (χ1v) is 8.82. The van der Waals surface area contributed by atoms with E-state index in [0.29, 0.717) is 38.5 Å². The third kappa shape index (κ3) is 7.13. The second-order valence-electron chi connectivity index (χ2n) is 8.12. The fourth-order valence-corrected chi connectivity index (χ4v) is 3.60. The molecule has 1 unspecified atom stereocenters. The largest absolute Gasteiger partial charge is 0.478 e. The van der Waals surface area contributed by atoms with Crippen molar-refractivity contribution >= 4 is 11.9 Å². The van der Waals surface area contributed by atoms with Gasteiger partial charge in [-0.05, 0) is 59.5 Å². The van der Waals surface area contributed by atoms with Crippen LogP contribution in [0.2, 0.25) is 0 Å². The van der Waals surface area contributed by atoms with Crippen LogP contribution < -0.4 is 5.32 Å². The van der Waals surface area contributed by atoms with E-state index in [-0.39, 0.29) is 11.9 Å². The summed E-state index contributed by atoms with van der Waals surface area (Å²) in [4.78, 5) is 22.5. The highest BCUT2D eigenvalue weighted by atomic mass is 16.5. The Kier molecular flexibility index (Phi) is 7.59. The number of piperidine rings is 1. The van der Waals surface area contributed by atoms with Crippen molar-refractivity contribution in [1.82, 2.24) is 10.4 Å². The zero-order chi connectivity index (χ0) is 19.3. The first-order valence-electron chi connectivity index (χ1n) is 8.82. The summed E-state index contributed by atoms with van der Waals surface area (Å²) in [6.07, 6.45) is 4.81. The quantitative estimate of drug-likeness (QED) is 0.391. The lowest BCUT2D eigenvalue weighted by molar-refractivity contribution is -0.246. The molecule has 1 rings (SSSR count). The standard InChI is InChI=1S/C18H32N2O5/c1-17(2)11-13(12-18(3,4)20(17)25)19-15(22)8-6-5-7-14(21)9-10-16(23)24/h9-10,13-14,21,25H,5-8,11-12H2,1-4H3,(H,19,22)(H,23,24). The van der Waals surface area contributed by atoms with E-state index in [9.17, 15) is 19.9 Å². The molecular weight excluding hydrogens is 324 g/mol. The lowest BCUT2D eigenvalue weighted by Gasteiger charge is -2.51. The van der Waals surface area contributed by atoms with Crippen LogP contribution in [-0.4, -0.2) is 55.6 Å². The predicted octanol–water partition coefficient (Wildman–Crippen LogP) is 2.08. The highest BCUT2D eigenvalue weighted by molar-refractivity contribution is 5.79. The van der Waals surface area contributed by atoms with Gasteiger partial charge in [0.2, 0.25) is 5.91 Å². The van der Waals surface area contributed by atoms with Crippen LogP contribution in [0.4, 0.5) is 0 Å². The molecule has 0 aromatic heterocycles. The number of carboxylic acids is 1. The fraction of sp³-hybridized carbons (Fsp3) is 0.778. The Hall–Kier alpha value is -1.44. The number of amides is 1. The molecule has 0 aromatic carbocycles. The summed E-state index contributed by atoms with van der Waals surface area (Å²) < 4.78 is 0. The molecular formula is C18H32N2O5. The summed E-state index contributed by atoms with van der Waals surface area (Å²) in [6, 6.07) is 0.0185. The van der Waals surface area contributed by atoms with Crippen LogP contribution in [0.3, 0.4) is 0 Å². The molecule has 0 saturated carbocycles. The zero-order valence-electron chi connectivity index (χ0n) is 15.7. The Balaban J connectivity index is 2.34. The minimum Gasteiger partial charge on any atom is -0.478 e. The monoisotopic (exact) mass is 356 g/mol. The summed E-state index contributed by atoms with van der Waals surface area (Å²) in [5.41, 5.74) is -0.805. The van der Waals surface area contributed by atoms with Crippen molar-refractivity contribution < 1.29 is 25.0 Å². The second kappa shape index (κ2) is 8.78. The van der Waals surface area contributed by atoms with Gasteiger partial charge in [-0.3, -0.25) is 4.79 Å². The third-order valence-electron chi connectivity index (χ3n) is 4.62. The number of unbranched alkanes of at least 4 members (excludes halogenated alkanes) is 1. The highest BCUT2D eigenvalue weighted by Gasteiger charge is 2.45. The molecule has 1 amide bonds. The number of carbonyl (C=O) groups excluding carboxylic acids is 1. The molecule has 0 aliphatic carbocycles. The average Bonchev–Trinajstić information content (AvgIpc) is 2.46. The van der Waals surface area contributed by atoms with Crippen LogP contribution in [0.15, 0.2) is 12.2 Å². The van der Waals surface area contributed by atoms with Crippen molar-refractivity contribution in [3.63, 3.8) is 0 Å². The van der Waals surface area contributed by atoms with Crippen molar-refractivity contribution in [2.75, 3.05) is 0 Å². The molecule has 144 valence electrons. The van der Waals surface area contributed by atoms with E-state index < -0.39 is 23.2 Å². The summed E-state index contributed by atoms with van der Waals surface area (Å²) >= 11 is 0. The minimum atomic E-state index is -1.08. The molecule has 7 heteroatoms. The van der Waals surface area contributed by atoms with E-state index >= 15 is 0 Å². The predicted molar refractivity (Wildman–Crippen MR) is 94.2 cm³/mol. The second-order valence-corrected chi connectivity index (χ2v) is 8.12. The molecule has 0 radical (unpaired) electrons. The number of hydrogen-bond acceptors (Lipinski definition) is 5. The molecule has 1 aliphatic rings. The van der Waals surface area contributed by atoms with E-state index in [2.05, 4.69) is 5.32 Å². The van der Waals surface area contributed by atoms with Gasteiger partial charge in [-0.2, -0.15) is 5.06 Å². The van der Waals surface area contributed by atoms with Gasteiger partial charge in [0.05, 0.1) is 6.10 Å². The van der Waals surface area contributed by atoms with Crippen LogP contribution >= 0.6 is 0 Å². The molecule has 1 aliphatic heterocycles. The van der Waals surface area contributed by atoms with E-state index in [1.54, 1.807) is 0 Å². The molecule has 25 heavy (non-hydrogen) atoms. The Bertz CT molecular complexity index is 484. The summed E-state index contributed by atoms with van der Waals surface area (Å²) in [5, 5.41) is 32.8. The number of hydrogen-bond donors (Lipinski definition) is 4. The van der Waals surface area contributed by atoms with E-state index in [1.165, 1.54) is 11.1 Å². The number of hydroxylamine groups is 2. The molecule has 1 fully saturated rings. The van der Waals surface area contributed by atoms with Gasteiger partial charge >= 0.3 is 5.97 Å². The number of aliphatic carboxylic acids is 1. The highest BCUT2D eigenvalue weighted by Crippen LogP contribution is 2.36. The van der Waals surface area contributed by atoms with E-state index in [1.807, 2.05) is 27.7 Å². The number of aliphatic hydroxyl groups excluding tert-OH is 1. The van der Waals surface area contributed by atoms with Crippen molar-refractivity contribution in [1.29, 1.82) is 0 Å². The number of rotatable bonds is 8. The third-order valence-corrected chi connectivity index (χ3v) is 4.62. The maximum absolute atomic E-state index is 12.1. The lowest BCUT2D eigenvalue weighted by Crippen LogP contribution is -2.62. The molecule has 7 nitrogen and oxygen atoms in total. The first kappa shape index (κ1) is 21.6. The van der Waals surface area contributed by atoms with Crippen LogP contribution in [0, 0.1) is 0 Å². The van der Waals surface area contributed by atoms with Gasteiger partial charge in [0, 0.05) is 29.6 Å². The Morgan fingerprint density at radius 3 is 2.28 bits per heavy atom. The zero-order valence-corrected chi connectivity index (χ0v) is 15.7. The van der Waals surface area contributed by atoms with Crippen LogP contribution in [-0.2, 0) is 9.59 Å². The van der Waals surface area contributed by atoms with Crippen LogP contribution in [0.25, 0.3) is 0 Å². The van der Waals surface area contributed by atoms with Gasteiger partial charge in [0.15, 0.2) is 0 Å². The lowest BCUT2D eigenvalue weighted by atomic mass is 9.79. The molecule has 0 spiro atoms. The summed E-state index contributed by atoms with van der Waals surface area (Å²) in [6.45, 7) is 7.83. The van der Waals surface area contributed by atoms with E-state index in [4.69, 9.17) is 5.11 Å². The minimum absolute atomic E-state index is 0.0185. The van der Waals surface area contributed by atoms with Gasteiger partial charge in [-0.1, -0.05) is 6.42 Å². The first-order chi connectivity index (χ1) is 11.4. The van der Waals surface area contributed by atoms with E-state index in [0.717, 1.165) is 6.08 Å². The maximum atomic E-state index is 12.1. The Morgan fingerprint density at radius 2 is 1.76 bits per heavy atom. The molecule has 1 heterocycles. The topological polar surface area (TPSA) is 110 Å². The van der Waals surface area contributed by atoms with Gasteiger partial charge in [0.1, 0.15) is 0 Å². The summed E-state index contributed by atoms with van der Waals surface area (Å²) in [7, 11) is 0. The SMILES string of the molecule is CC1(C)CC(NC(=O)CCCCC(O)C=CC(=O)O)CC(C)(C)N1O. The van der Waals surface area contributed by atoms with Crippen molar-refractivity contribution in [2.45, 2.75) is 89.4 Å². The van der Waals surface area contributed by atoms with Gasteiger partial charge in [-0.15, -0.1) is 0 Å². The van der Waals surface area contributed by atoms with Crippen molar-refractivity contribution in [3.8, 4) is 0 Å². The molecule has 1 saturated heterocycles. The number of nitrogens with zero attached hydrogens (tertiary/aromatic N) is 1. The van der Waals surface area contributed by atoms with Gasteiger partial charge < -0.3 is 20.7 Å². The fourth-order valence-electron chi connectivity index (χ4n) is 3.60. The normalized spacial score (nSPS) is 22.0. The van der Waals surface area contributed by atoms with Crippen molar-refractivity contribution in [2.24, 2.45) is 0 Å². The Labute approximate surface area is 149 Å². The maximum Gasteiger partial charge on any atom is 0.328 e. The average molecular weight is 356 g/mol. The van der Waals surface area contributed by atoms with Crippen molar-refractivity contribution in [3.05, 3.63) is 12.2 Å². The number of carboxylic acid groups (broad SMARTS) is 1.